The first-order chi connectivity index (χ1) is 19.9. The first-order valence-electron chi connectivity index (χ1n) is 16.1. The van der Waals surface area contributed by atoms with Crippen LogP contribution in [-0.4, -0.2) is 88.9 Å². The molecule has 2 amide bonds. The molecule has 3 N–H and O–H groups in total. The van der Waals surface area contributed by atoms with Crippen LogP contribution in [0.4, 0.5) is 9.59 Å². The highest BCUT2D eigenvalue weighted by Gasteiger charge is 2.28. The maximum Gasteiger partial charge on any atom is 0.408 e. The van der Waals surface area contributed by atoms with Gasteiger partial charge in [-0.3, -0.25) is 0 Å². The molecule has 250 valence electrons. The SMILES string of the molecule is CCCCCCCCCCCCCCCCCCNC(=O)OC(I)C(CNS(=O)(=O)CCC[N+](C)(C)C)OC(=O)NC. The molecule has 0 bridgehead atoms. The van der Waals surface area contributed by atoms with Crippen LogP contribution in [0.15, 0.2) is 0 Å². The van der Waals surface area contributed by atoms with E-state index in [0.29, 0.717) is 24.0 Å². The molecule has 12 heteroatoms. The van der Waals surface area contributed by atoms with Crippen molar-refractivity contribution in [3.05, 3.63) is 0 Å². The summed E-state index contributed by atoms with van der Waals surface area (Å²) in [4.78, 5) is 24.1. The molecular weight excluding hydrogens is 671 g/mol. The predicted molar refractivity (Wildman–Crippen MR) is 180 cm³/mol. The number of quaternary nitrogens is 1. The third-order valence-corrected chi connectivity index (χ3v) is 9.51. The Morgan fingerprint density at radius 3 is 1.67 bits per heavy atom. The summed E-state index contributed by atoms with van der Waals surface area (Å²) in [6.45, 7) is 3.27. The second-order valence-electron chi connectivity index (χ2n) is 12.2. The molecule has 0 aliphatic carbocycles. The lowest BCUT2D eigenvalue weighted by molar-refractivity contribution is -0.870. The summed E-state index contributed by atoms with van der Waals surface area (Å²) in [5.74, 6) is -0.0399. The number of alkyl carbamates (subject to hydrolysis) is 2. The van der Waals surface area contributed by atoms with Gasteiger partial charge >= 0.3 is 12.2 Å². The van der Waals surface area contributed by atoms with Gasteiger partial charge in [-0.15, -0.1) is 0 Å². The summed E-state index contributed by atoms with van der Waals surface area (Å²) in [5, 5.41) is 5.08. The van der Waals surface area contributed by atoms with Gasteiger partial charge in [0.2, 0.25) is 10.0 Å². The fourth-order valence-electron chi connectivity index (χ4n) is 4.48. The van der Waals surface area contributed by atoms with Crippen molar-refractivity contribution in [2.45, 2.75) is 126 Å². The van der Waals surface area contributed by atoms with E-state index >= 15 is 0 Å². The highest BCUT2D eigenvalue weighted by Crippen LogP contribution is 2.15. The third-order valence-electron chi connectivity index (χ3n) is 7.02. The van der Waals surface area contributed by atoms with E-state index in [1.54, 1.807) is 0 Å². The van der Waals surface area contributed by atoms with E-state index in [9.17, 15) is 18.0 Å². The fraction of sp³-hybridized carbons (Fsp3) is 0.933. The van der Waals surface area contributed by atoms with Crippen LogP contribution in [0.5, 0.6) is 0 Å². The average molecular weight is 734 g/mol. The maximum atomic E-state index is 12.4. The molecule has 0 aromatic heterocycles. The van der Waals surface area contributed by atoms with Crippen LogP contribution in [-0.2, 0) is 19.5 Å². The van der Waals surface area contributed by atoms with E-state index in [1.807, 2.05) is 43.7 Å². The minimum atomic E-state index is -3.57. The molecule has 0 aliphatic heterocycles. The number of ether oxygens (including phenoxy) is 2. The number of nitrogens with zero attached hydrogens (tertiary/aromatic N) is 1. The minimum Gasteiger partial charge on any atom is -0.440 e. The van der Waals surface area contributed by atoms with Gasteiger partial charge in [-0.2, -0.15) is 0 Å². The van der Waals surface area contributed by atoms with Crippen LogP contribution >= 0.6 is 22.6 Å². The van der Waals surface area contributed by atoms with Crippen molar-refractivity contribution in [3.63, 3.8) is 0 Å². The van der Waals surface area contributed by atoms with Crippen molar-refractivity contribution in [3.8, 4) is 0 Å². The number of alkyl halides is 1. The summed E-state index contributed by atoms with van der Waals surface area (Å²) < 4.78 is 37.7. The Morgan fingerprint density at radius 2 is 1.21 bits per heavy atom. The summed E-state index contributed by atoms with van der Waals surface area (Å²) in [7, 11) is 3.82. The molecule has 2 atom stereocenters. The molecule has 0 heterocycles. The van der Waals surface area contributed by atoms with Crippen molar-refractivity contribution >= 4 is 44.8 Å². The highest BCUT2D eigenvalue weighted by molar-refractivity contribution is 14.1. The molecule has 0 spiro atoms. The average Bonchev–Trinajstić information content (AvgIpc) is 2.91. The topological polar surface area (TPSA) is 123 Å². The number of carbonyl (C=O) groups is 2. The van der Waals surface area contributed by atoms with Crippen LogP contribution in [0.25, 0.3) is 0 Å². The lowest BCUT2D eigenvalue weighted by Gasteiger charge is -2.24. The molecule has 0 radical (unpaired) electrons. The van der Waals surface area contributed by atoms with Crippen molar-refractivity contribution in [2.75, 3.05) is 53.6 Å². The van der Waals surface area contributed by atoms with Gasteiger partial charge in [-0.1, -0.05) is 103 Å². The van der Waals surface area contributed by atoms with Crippen LogP contribution in [0.3, 0.4) is 0 Å². The van der Waals surface area contributed by atoms with Gasteiger partial charge in [-0.25, -0.2) is 22.7 Å². The highest BCUT2D eigenvalue weighted by atomic mass is 127. The maximum absolute atomic E-state index is 12.4. The number of halogens is 1. The molecule has 0 aromatic carbocycles. The fourth-order valence-corrected chi connectivity index (χ4v) is 6.18. The van der Waals surface area contributed by atoms with E-state index < -0.39 is 32.4 Å². The summed E-state index contributed by atoms with van der Waals surface area (Å²) in [6.07, 6.45) is 18.8. The molecule has 0 fully saturated rings. The van der Waals surface area contributed by atoms with Crippen LogP contribution in [0, 0.1) is 0 Å². The molecule has 0 aromatic rings. The van der Waals surface area contributed by atoms with Crippen LogP contribution < -0.4 is 15.4 Å². The van der Waals surface area contributed by atoms with E-state index in [0.717, 1.165) is 19.3 Å². The number of sulfonamides is 1. The molecule has 42 heavy (non-hydrogen) atoms. The van der Waals surface area contributed by atoms with E-state index in [-0.39, 0.29) is 12.3 Å². The van der Waals surface area contributed by atoms with Gasteiger partial charge in [0.1, 0.15) is 0 Å². The number of amides is 2. The normalized spacial score (nSPS) is 13.4. The van der Waals surface area contributed by atoms with Crippen molar-refractivity contribution in [1.82, 2.24) is 15.4 Å². The first kappa shape index (κ1) is 41.1. The van der Waals surface area contributed by atoms with Crippen molar-refractivity contribution < 1.29 is 32.0 Å². The smallest absolute Gasteiger partial charge is 0.408 e. The van der Waals surface area contributed by atoms with E-state index in [4.69, 9.17) is 9.47 Å². The lowest BCUT2D eigenvalue weighted by Crippen LogP contribution is -2.44. The zero-order valence-corrected chi connectivity index (χ0v) is 30.2. The zero-order chi connectivity index (χ0) is 31.7. The Bertz CT molecular complexity index is 795. The second-order valence-corrected chi connectivity index (χ2v) is 15.4. The van der Waals surface area contributed by atoms with Gasteiger partial charge in [-0.05, 0) is 29.0 Å². The Balaban J connectivity index is 4.05. The molecule has 0 saturated carbocycles. The van der Waals surface area contributed by atoms with Crippen molar-refractivity contribution in [2.24, 2.45) is 0 Å². The molecular formula is C30H62IN4O6S+. The van der Waals surface area contributed by atoms with Crippen LogP contribution in [0.2, 0.25) is 0 Å². The second kappa shape index (κ2) is 25.5. The Morgan fingerprint density at radius 1 is 0.738 bits per heavy atom. The zero-order valence-electron chi connectivity index (χ0n) is 27.2. The summed E-state index contributed by atoms with van der Waals surface area (Å²) >= 11 is 1.84. The third kappa shape index (κ3) is 26.7. The Labute approximate surface area is 271 Å². The number of hydrogen-bond donors (Lipinski definition) is 3. The van der Waals surface area contributed by atoms with Gasteiger partial charge in [0.25, 0.3) is 0 Å². The van der Waals surface area contributed by atoms with Gasteiger partial charge in [0.05, 0.1) is 40.0 Å². The Hall–Kier alpha value is -0.860. The number of unbranched alkanes of at least 4 members (excludes halogenated alkanes) is 15. The van der Waals surface area contributed by atoms with Crippen LogP contribution in [0.1, 0.15) is 116 Å². The minimum absolute atomic E-state index is 0.0399. The van der Waals surface area contributed by atoms with Gasteiger partial charge in [0.15, 0.2) is 10.2 Å². The number of carbonyl (C=O) groups excluding carboxylic acids is 2. The lowest BCUT2D eigenvalue weighted by atomic mass is 10.0. The molecule has 10 nitrogen and oxygen atoms in total. The van der Waals surface area contributed by atoms with Crippen molar-refractivity contribution in [1.29, 1.82) is 0 Å². The predicted octanol–water partition coefficient (Wildman–Crippen LogP) is 6.48. The summed E-state index contributed by atoms with van der Waals surface area (Å²) in [5.41, 5.74) is 0. The van der Waals surface area contributed by atoms with E-state index in [2.05, 4.69) is 22.3 Å². The largest absolute Gasteiger partial charge is 0.440 e. The molecule has 0 rings (SSSR count). The standard InChI is InChI=1S/C30H61IN4O6S/c1-6-7-8-9-10-11-12-13-14-15-16-17-18-19-20-21-23-33-30(37)41-28(31)27(40-29(36)32-2)26-34-42(38,39)25-22-24-35(3,4)5/h27-28,34H,6-26H2,1-5H3,(H-,32,33,36,37)/p+1. The number of nitrogens with one attached hydrogen (secondary N) is 3. The first-order valence-corrected chi connectivity index (χ1v) is 19.0. The van der Waals surface area contributed by atoms with Gasteiger partial charge < -0.3 is 24.6 Å². The summed E-state index contributed by atoms with van der Waals surface area (Å²) in [6, 6.07) is 0. The number of rotatable bonds is 27. The monoisotopic (exact) mass is 733 g/mol. The molecule has 0 aliphatic rings. The molecule has 2 unspecified atom stereocenters. The Kier molecular flexibility index (Phi) is 24.9. The van der Waals surface area contributed by atoms with Gasteiger partial charge in [0, 0.05) is 20.0 Å². The van der Waals surface area contributed by atoms with E-state index in [1.165, 1.54) is 90.5 Å². The molecule has 0 saturated heterocycles. The number of hydrogen-bond acceptors (Lipinski definition) is 6. The quantitative estimate of drug-likeness (QED) is 0.0385.